The lowest BCUT2D eigenvalue weighted by Gasteiger charge is -2.05. The van der Waals surface area contributed by atoms with E-state index < -0.39 is 27.1 Å². The number of nitro groups is 2. The van der Waals surface area contributed by atoms with Gasteiger partial charge in [0, 0.05) is 28.4 Å². The van der Waals surface area contributed by atoms with E-state index in [1.807, 2.05) is 0 Å². The number of halogens is 3. The summed E-state index contributed by atoms with van der Waals surface area (Å²) in [6.45, 7) is 0.230. The van der Waals surface area contributed by atoms with Gasteiger partial charge in [0.15, 0.2) is 5.82 Å². The Morgan fingerprint density at radius 2 is 1.63 bits per heavy atom. The molecule has 0 saturated carbocycles. The van der Waals surface area contributed by atoms with Crippen molar-refractivity contribution in [2.75, 3.05) is 5.32 Å². The number of non-ortho nitro benzene ring substituents is 2. The summed E-state index contributed by atoms with van der Waals surface area (Å²) in [5.41, 5.74) is -0.776. The third-order valence-corrected chi connectivity index (χ3v) is 4.75. The Kier molecular flexibility index (Phi) is 6.20. The molecule has 0 aliphatic carbocycles. The van der Waals surface area contributed by atoms with Crippen LogP contribution in [0.2, 0.25) is 15.1 Å². The average Bonchev–Trinajstić information content (AvgIpc) is 3.02. The van der Waals surface area contributed by atoms with Gasteiger partial charge in [-0.3, -0.25) is 29.7 Å². The molecule has 0 spiro atoms. The largest absolute Gasteiger partial charge is 0.304 e. The Labute approximate surface area is 183 Å². The fourth-order valence-electron chi connectivity index (χ4n) is 2.50. The number of anilines is 1. The summed E-state index contributed by atoms with van der Waals surface area (Å²) in [4.78, 5) is 32.8. The molecule has 1 N–H and O–H groups in total. The highest BCUT2D eigenvalue weighted by atomic mass is 35.5. The molecule has 3 rings (SSSR count). The number of hydrogen-bond donors (Lipinski definition) is 1. The lowest BCUT2D eigenvalue weighted by molar-refractivity contribution is -0.394. The monoisotopic (exact) mass is 469 g/mol. The number of carbonyl (C=O) groups is 1. The molecule has 0 bridgehead atoms. The fourth-order valence-corrected chi connectivity index (χ4v) is 3.17. The van der Waals surface area contributed by atoms with Gasteiger partial charge in [0.25, 0.3) is 17.3 Å². The zero-order chi connectivity index (χ0) is 22.0. The number of amides is 1. The number of hydrogen-bond acceptors (Lipinski definition) is 6. The maximum Gasteiger partial charge on any atom is 0.277 e. The number of carbonyl (C=O) groups excluding carboxylic acids is 1. The van der Waals surface area contributed by atoms with Gasteiger partial charge in [-0.25, -0.2) is 0 Å². The highest BCUT2D eigenvalue weighted by Gasteiger charge is 2.21. The number of nitrogens with one attached hydrogen (secondary N) is 1. The quantitative estimate of drug-likeness (QED) is 0.400. The first-order chi connectivity index (χ1) is 14.1. The van der Waals surface area contributed by atoms with Crippen LogP contribution in [0.15, 0.2) is 42.6 Å². The first-order valence-corrected chi connectivity index (χ1v) is 9.19. The highest BCUT2D eigenvalue weighted by Crippen LogP contribution is 2.26. The van der Waals surface area contributed by atoms with E-state index in [1.165, 1.54) is 10.9 Å². The molecule has 0 aliphatic rings. The van der Waals surface area contributed by atoms with Crippen LogP contribution >= 0.6 is 34.8 Å². The van der Waals surface area contributed by atoms with E-state index in [4.69, 9.17) is 34.8 Å². The van der Waals surface area contributed by atoms with Crippen molar-refractivity contribution >= 4 is 57.9 Å². The molecule has 13 heteroatoms. The predicted octanol–water partition coefficient (Wildman–Crippen LogP) is 4.96. The van der Waals surface area contributed by atoms with Crippen molar-refractivity contribution in [2.24, 2.45) is 0 Å². The molecule has 10 nitrogen and oxygen atoms in total. The second kappa shape index (κ2) is 8.66. The van der Waals surface area contributed by atoms with Crippen molar-refractivity contribution in [3.63, 3.8) is 0 Å². The van der Waals surface area contributed by atoms with Crippen molar-refractivity contribution in [3.05, 3.63) is 89.0 Å². The van der Waals surface area contributed by atoms with Gasteiger partial charge >= 0.3 is 0 Å². The van der Waals surface area contributed by atoms with Crippen LogP contribution < -0.4 is 5.32 Å². The van der Waals surface area contributed by atoms with Crippen LogP contribution in [0.3, 0.4) is 0 Å². The normalized spacial score (nSPS) is 10.6. The van der Waals surface area contributed by atoms with Gasteiger partial charge in [0.05, 0.1) is 28.0 Å². The van der Waals surface area contributed by atoms with Gasteiger partial charge in [-0.1, -0.05) is 40.9 Å². The van der Waals surface area contributed by atoms with Crippen LogP contribution in [0.25, 0.3) is 0 Å². The molecule has 1 amide bonds. The molecule has 2 aromatic carbocycles. The third-order valence-electron chi connectivity index (χ3n) is 3.88. The Morgan fingerprint density at radius 3 is 2.20 bits per heavy atom. The molecule has 154 valence electrons. The molecule has 0 unspecified atom stereocenters. The number of aromatic nitrogens is 2. The van der Waals surface area contributed by atoms with E-state index in [-0.39, 0.29) is 22.9 Å². The molecular formula is C17H10Cl3N5O5. The number of nitrogens with zero attached hydrogens (tertiary/aromatic N) is 4. The summed E-state index contributed by atoms with van der Waals surface area (Å²) >= 11 is 18.1. The Bertz CT molecular complexity index is 1150. The van der Waals surface area contributed by atoms with Crippen LogP contribution in [0.5, 0.6) is 0 Å². The Morgan fingerprint density at radius 1 is 1.00 bits per heavy atom. The second-order valence-electron chi connectivity index (χ2n) is 5.97. The van der Waals surface area contributed by atoms with Crippen LogP contribution in [-0.2, 0) is 6.54 Å². The average molecular weight is 471 g/mol. The van der Waals surface area contributed by atoms with E-state index in [1.54, 1.807) is 18.2 Å². The van der Waals surface area contributed by atoms with Crippen molar-refractivity contribution in [1.29, 1.82) is 0 Å². The second-order valence-corrected chi connectivity index (χ2v) is 7.22. The summed E-state index contributed by atoms with van der Waals surface area (Å²) in [6, 6.07) is 7.53. The molecule has 0 radical (unpaired) electrons. The highest BCUT2D eigenvalue weighted by molar-refractivity contribution is 6.35. The van der Waals surface area contributed by atoms with E-state index in [0.29, 0.717) is 15.6 Å². The summed E-state index contributed by atoms with van der Waals surface area (Å²) in [5, 5.41) is 29.5. The Balaban J connectivity index is 1.84. The van der Waals surface area contributed by atoms with E-state index in [9.17, 15) is 25.0 Å². The van der Waals surface area contributed by atoms with Crippen LogP contribution in [-0.4, -0.2) is 25.5 Å². The summed E-state index contributed by atoms with van der Waals surface area (Å²) in [7, 11) is 0. The molecule has 1 aromatic heterocycles. The summed E-state index contributed by atoms with van der Waals surface area (Å²) < 4.78 is 1.42. The minimum atomic E-state index is -0.849. The van der Waals surface area contributed by atoms with Gasteiger partial charge < -0.3 is 5.32 Å². The van der Waals surface area contributed by atoms with E-state index >= 15 is 0 Å². The molecule has 0 aliphatic heterocycles. The minimum Gasteiger partial charge on any atom is -0.304 e. The van der Waals surface area contributed by atoms with E-state index in [0.717, 1.165) is 18.2 Å². The summed E-state index contributed by atoms with van der Waals surface area (Å²) in [6.07, 6.45) is 1.44. The smallest absolute Gasteiger partial charge is 0.277 e. The molecule has 3 aromatic rings. The molecule has 0 saturated heterocycles. The van der Waals surface area contributed by atoms with Crippen molar-refractivity contribution in [1.82, 2.24) is 9.78 Å². The topological polar surface area (TPSA) is 133 Å². The zero-order valence-corrected chi connectivity index (χ0v) is 17.0. The van der Waals surface area contributed by atoms with Crippen LogP contribution in [0.1, 0.15) is 15.9 Å². The minimum absolute atomic E-state index is 0.0269. The molecule has 1 heterocycles. The van der Waals surface area contributed by atoms with Gasteiger partial charge in [-0.15, -0.1) is 0 Å². The number of benzene rings is 2. The maximum atomic E-state index is 12.5. The van der Waals surface area contributed by atoms with Crippen molar-refractivity contribution in [3.8, 4) is 0 Å². The third kappa shape index (κ3) is 4.85. The maximum absolute atomic E-state index is 12.5. The number of nitro benzene ring substituents is 2. The lowest BCUT2D eigenvalue weighted by Crippen LogP contribution is -2.14. The number of rotatable bonds is 6. The molecule has 0 atom stereocenters. The predicted molar refractivity (Wildman–Crippen MR) is 111 cm³/mol. The van der Waals surface area contributed by atoms with Gasteiger partial charge in [0.2, 0.25) is 0 Å². The SMILES string of the molecule is O=C(Nc1nn(Cc2ccc(Cl)cc2Cl)cc1Cl)c1cc([N+](=O)[O-])cc([N+](=O)[O-])c1. The van der Waals surface area contributed by atoms with Gasteiger partial charge in [0.1, 0.15) is 5.02 Å². The van der Waals surface area contributed by atoms with Crippen LogP contribution in [0, 0.1) is 20.2 Å². The van der Waals surface area contributed by atoms with Crippen LogP contribution in [0.4, 0.5) is 17.2 Å². The molecular weight excluding hydrogens is 461 g/mol. The van der Waals surface area contributed by atoms with Crippen molar-refractivity contribution in [2.45, 2.75) is 6.54 Å². The lowest BCUT2D eigenvalue weighted by atomic mass is 10.1. The molecule has 30 heavy (non-hydrogen) atoms. The van der Waals surface area contributed by atoms with E-state index in [2.05, 4.69) is 10.4 Å². The van der Waals surface area contributed by atoms with Crippen molar-refractivity contribution < 1.29 is 14.6 Å². The first-order valence-electron chi connectivity index (χ1n) is 8.06. The van der Waals surface area contributed by atoms with Gasteiger partial charge in [-0.2, -0.15) is 5.10 Å². The summed E-state index contributed by atoms with van der Waals surface area (Å²) in [5.74, 6) is -0.876. The zero-order valence-electron chi connectivity index (χ0n) is 14.7. The Hall–Kier alpha value is -3.21. The first kappa shape index (κ1) is 21.5. The standard InChI is InChI=1S/C17H10Cl3N5O5/c18-11-2-1-9(14(19)5-11)7-23-8-15(20)16(22-23)21-17(26)10-3-12(24(27)28)6-13(4-10)25(29)30/h1-6,8H,7H2,(H,21,22,26). The fraction of sp³-hybridized carbons (Fsp3) is 0.0588. The molecule has 0 fully saturated rings. The van der Waals surface area contributed by atoms with Gasteiger partial charge in [-0.05, 0) is 17.7 Å².